The molecule has 0 saturated carbocycles. The maximum absolute atomic E-state index is 12.0. The molecule has 1 saturated heterocycles. The predicted molar refractivity (Wildman–Crippen MR) is 59.0 cm³/mol. The van der Waals surface area contributed by atoms with Crippen molar-refractivity contribution in [2.24, 2.45) is 5.10 Å². The molecule has 7 nitrogen and oxygen atoms in total. The third kappa shape index (κ3) is 2.43. The summed E-state index contributed by atoms with van der Waals surface area (Å²) in [7, 11) is 1.53. The highest BCUT2D eigenvalue weighted by atomic mass is 16.2. The van der Waals surface area contributed by atoms with Gasteiger partial charge in [0.05, 0.1) is 6.54 Å². The van der Waals surface area contributed by atoms with E-state index in [-0.39, 0.29) is 24.3 Å². The largest absolute Gasteiger partial charge is 0.353 e. The Labute approximate surface area is 98.4 Å². The Morgan fingerprint density at radius 1 is 1.35 bits per heavy atom. The van der Waals surface area contributed by atoms with Crippen LogP contribution in [0.2, 0.25) is 0 Å². The molecule has 2 aliphatic rings. The molecule has 0 spiro atoms. The minimum absolute atomic E-state index is 0.0650. The highest BCUT2D eigenvalue weighted by Crippen LogP contribution is 2.09. The molecule has 0 atom stereocenters. The summed E-state index contributed by atoms with van der Waals surface area (Å²) in [4.78, 5) is 35.9. The van der Waals surface area contributed by atoms with Gasteiger partial charge in [0.1, 0.15) is 5.71 Å². The number of carbonyl (C=O) groups excluding carboxylic acids is 3. The van der Waals surface area contributed by atoms with Crippen LogP contribution in [-0.4, -0.2) is 60.0 Å². The first-order valence-corrected chi connectivity index (χ1v) is 5.48. The first kappa shape index (κ1) is 11.6. The quantitative estimate of drug-likeness (QED) is 0.607. The SMILES string of the molecule is CN1N=C(C(=O)N2CCNC(=O)C2)CCC1=O. The van der Waals surface area contributed by atoms with Crippen LogP contribution in [0.25, 0.3) is 0 Å². The molecule has 0 aliphatic carbocycles. The average molecular weight is 238 g/mol. The summed E-state index contributed by atoms with van der Waals surface area (Å²) < 4.78 is 0. The lowest BCUT2D eigenvalue weighted by Gasteiger charge is -2.28. The molecule has 0 radical (unpaired) electrons. The standard InChI is InChI=1S/C10H14N4O3/c1-13-9(16)3-2-7(12-13)10(17)14-5-4-11-8(15)6-14/h2-6H2,1H3,(H,11,15). The topological polar surface area (TPSA) is 82.1 Å². The number of amides is 3. The molecule has 0 aromatic rings. The van der Waals surface area contributed by atoms with Crippen molar-refractivity contribution < 1.29 is 14.4 Å². The molecule has 0 unspecified atom stereocenters. The summed E-state index contributed by atoms with van der Waals surface area (Å²) in [5.41, 5.74) is 0.349. The first-order valence-electron chi connectivity index (χ1n) is 5.48. The minimum atomic E-state index is -0.251. The fourth-order valence-electron chi connectivity index (χ4n) is 1.82. The highest BCUT2D eigenvalue weighted by Gasteiger charge is 2.28. The second-order valence-electron chi connectivity index (χ2n) is 4.04. The Balaban J connectivity index is 2.07. The van der Waals surface area contributed by atoms with E-state index < -0.39 is 0 Å². The van der Waals surface area contributed by atoms with Gasteiger partial charge in [0.25, 0.3) is 5.91 Å². The van der Waals surface area contributed by atoms with E-state index in [0.717, 1.165) is 0 Å². The van der Waals surface area contributed by atoms with Crippen LogP contribution in [-0.2, 0) is 14.4 Å². The van der Waals surface area contributed by atoms with E-state index in [1.54, 1.807) is 0 Å². The van der Waals surface area contributed by atoms with Crippen molar-refractivity contribution in [3.05, 3.63) is 0 Å². The smallest absolute Gasteiger partial charge is 0.270 e. The first-order chi connectivity index (χ1) is 8.08. The molecular weight excluding hydrogens is 224 g/mol. The number of hydrazone groups is 1. The van der Waals surface area contributed by atoms with Gasteiger partial charge < -0.3 is 10.2 Å². The zero-order chi connectivity index (χ0) is 12.4. The van der Waals surface area contributed by atoms with Crippen molar-refractivity contribution in [1.29, 1.82) is 0 Å². The number of piperazine rings is 1. The van der Waals surface area contributed by atoms with Crippen LogP contribution < -0.4 is 5.32 Å². The molecule has 2 heterocycles. The molecular formula is C10H14N4O3. The molecule has 0 bridgehead atoms. The van der Waals surface area contributed by atoms with Crippen LogP contribution in [0.5, 0.6) is 0 Å². The van der Waals surface area contributed by atoms with Crippen LogP contribution in [0.4, 0.5) is 0 Å². The highest BCUT2D eigenvalue weighted by molar-refractivity contribution is 6.39. The van der Waals surface area contributed by atoms with Crippen molar-refractivity contribution in [2.75, 3.05) is 26.7 Å². The van der Waals surface area contributed by atoms with Gasteiger partial charge in [-0.05, 0) is 0 Å². The second kappa shape index (κ2) is 4.52. The molecule has 1 fully saturated rings. The van der Waals surface area contributed by atoms with Crippen molar-refractivity contribution in [3.63, 3.8) is 0 Å². The summed E-state index contributed by atoms with van der Waals surface area (Å²) in [5.74, 6) is -0.512. The fraction of sp³-hybridized carbons (Fsp3) is 0.600. The molecule has 0 aromatic heterocycles. The van der Waals surface area contributed by atoms with Crippen LogP contribution in [0.3, 0.4) is 0 Å². The molecule has 0 aromatic carbocycles. The van der Waals surface area contributed by atoms with Crippen LogP contribution in [0, 0.1) is 0 Å². The zero-order valence-corrected chi connectivity index (χ0v) is 9.60. The summed E-state index contributed by atoms with van der Waals surface area (Å²) in [6.45, 7) is 1.02. The van der Waals surface area contributed by atoms with E-state index in [2.05, 4.69) is 10.4 Å². The summed E-state index contributed by atoms with van der Waals surface area (Å²) in [6.07, 6.45) is 0.640. The number of carbonyl (C=O) groups is 3. The van der Waals surface area contributed by atoms with Gasteiger partial charge in [-0.25, -0.2) is 5.01 Å². The van der Waals surface area contributed by atoms with Crippen molar-refractivity contribution >= 4 is 23.4 Å². The number of nitrogens with one attached hydrogen (secondary N) is 1. The molecule has 17 heavy (non-hydrogen) atoms. The van der Waals surface area contributed by atoms with Gasteiger partial charge >= 0.3 is 0 Å². The van der Waals surface area contributed by atoms with Crippen LogP contribution in [0.1, 0.15) is 12.8 Å². The third-order valence-electron chi connectivity index (χ3n) is 2.78. The molecule has 2 aliphatic heterocycles. The minimum Gasteiger partial charge on any atom is -0.353 e. The van der Waals surface area contributed by atoms with Gasteiger partial charge in [-0.1, -0.05) is 0 Å². The van der Waals surface area contributed by atoms with E-state index >= 15 is 0 Å². The summed E-state index contributed by atoms with van der Waals surface area (Å²) in [6, 6.07) is 0. The molecule has 3 amide bonds. The van der Waals surface area contributed by atoms with E-state index in [4.69, 9.17) is 0 Å². The summed E-state index contributed by atoms with van der Waals surface area (Å²) in [5, 5.41) is 7.77. The Morgan fingerprint density at radius 2 is 2.12 bits per heavy atom. The fourth-order valence-corrected chi connectivity index (χ4v) is 1.82. The Kier molecular flexibility index (Phi) is 3.08. The lowest BCUT2D eigenvalue weighted by atomic mass is 10.1. The number of nitrogens with zero attached hydrogens (tertiary/aromatic N) is 3. The van der Waals surface area contributed by atoms with Gasteiger partial charge in [0.15, 0.2) is 0 Å². The van der Waals surface area contributed by atoms with Crippen LogP contribution in [0.15, 0.2) is 5.10 Å². The third-order valence-corrected chi connectivity index (χ3v) is 2.78. The van der Waals surface area contributed by atoms with E-state index in [1.165, 1.54) is 17.0 Å². The molecule has 1 N–H and O–H groups in total. The normalized spacial score (nSPS) is 21.1. The maximum Gasteiger partial charge on any atom is 0.270 e. The van der Waals surface area contributed by atoms with Gasteiger partial charge in [0.2, 0.25) is 11.8 Å². The molecule has 2 rings (SSSR count). The monoisotopic (exact) mass is 238 g/mol. The lowest BCUT2D eigenvalue weighted by molar-refractivity contribution is -0.134. The Bertz CT molecular complexity index is 404. The van der Waals surface area contributed by atoms with Crippen molar-refractivity contribution in [3.8, 4) is 0 Å². The zero-order valence-electron chi connectivity index (χ0n) is 9.60. The van der Waals surface area contributed by atoms with Gasteiger partial charge in [-0.15, -0.1) is 0 Å². The van der Waals surface area contributed by atoms with Crippen molar-refractivity contribution in [1.82, 2.24) is 15.2 Å². The number of rotatable bonds is 1. The van der Waals surface area contributed by atoms with E-state index in [9.17, 15) is 14.4 Å². The maximum atomic E-state index is 12.0. The molecule has 92 valence electrons. The summed E-state index contributed by atoms with van der Waals surface area (Å²) >= 11 is 0. The van der Waals surface area contributed by atoms with E-state index in [0.29, 0.717) is 31.6 Å². The lowest BCUT2D eigenvalue weighted by Crippen LogP contribution is -2.52. The molecule has 7 heteroatoms. The van der Waals surface area contributed by atoms with Gasteiger partial charge in [-0.2, -0.15) is 5.10 Å². The Hall–Kier alpha value is -1.92. The van der Waals surface area contributed by atoms with Gasteiger partial charge in [-0.3, -0.25) is 14.4 Å². The number of hydrogen-bond donors (Lipinski definition) is 1. The van der Waals surface area contributed by atoms with Crippen molar-refractivity contribution in [2.45, 2.75) is 12.8 Å². The second-order valence-corrected chi connectivity index (χ2v) is 4.04. The average Bonchev–Trinajstić information content (AvgIpc) is 2.32. The van der Waals surface area contributed by atoms with Gasteiger partial charge in [0, 0.05) is 33.0 Å². The predicted octanol–water partition coefficient (Wildman–Crippen LogP) is -1.45. The Morgan fingerprint density at radius 3 is 2.76 bits per heavy atom. The van der Waals surface area contributed by atoms with E-state index in [1.807, 2.05) is 0 Å². The number of hydrogen-bond acceptors (Lipinski definition) is 4. The van der Waals surface area contributed by atoms with Crippen LogP contribution >= 0.6 is 0 Å².